The van der Waals surface area contributed by atoms with Crippen molar-refractivity contribution in [2.75, 3.05) is 36.5 Å². The number of H-pyrrole nitrogens is 3. The number of benzene rings is 1. The fourth-order valence-electron chi connectivity index (χ4n) is 8.77. The standard InChI is InChI=1S/C54H2.C22H28N6O2.C11H13ClN4O.C5H2Cl2N4/c1-3-5-7-9-11-13-15-17-19-21-23-25-27-29-31-33-35-37-39-41-43-45-47-49-51-53-54-52-50-48-46-44-42-40-38-36-34-32-30-28-26-24-22-20-18-16-14-12-10-8-6-4-2;1-15-13-16(28-9-11-29-12-10-28)7-8-18(15)25-22-26-20-19(23-14-24-20)21(27-22)30-17-5-3-2-4-6-17;12-11-15-9-8(13-6-14-9)10(16-11)17-7-4-2-1-3-5-7;6-3-2-4(9-1-8-2)11-5(7)10-3/h1-2H;7-8,13-14,17H,2-6,9-12H2,1H3,(H2,23,24,25,26,27);6-7H,1-5H2,(H,13,14,15,16);1H,(H,8,9,10,11). The Morgan fingerprint density at radius 3 is 1.03 bits per heavy atom. The van der Waals surface area contributed by atoms with E-state index in [1.165, 1.54) is 50.5 Å². The number of rotatable bonds is 7. The van der Waals surface area contributed by atoms with Gasteiger partial charge in [-0.3, -0.25) is 0 Å². The highest BCUT2D eigenvalue weighted by atomic mass is 35.5. The number of morpholine rings is 1. The van der Waals surface area contributed by atoms with Crippen LogP contribution in [0.2, 0.25) is 15.7 Å². The number of hydrogen-bond donors (Lipinski definition) is 4. The maximum atomic E-state index is 6.25. The van der Waals surface area contributed by atoms with Gasteiger partial charge in [-0.25, -0.2) is 19.9 Å². The summed E-state index contributed by atoms with van der Waals surface area (Å²) in [5.74, 6) is 130. The van der Waals surface area contributed by atoms with E-state index in [4.69, 9.17) is 61.9 Å². The van der Waals surface area contributed by atoms with Crippen LogP contribution in [-0.2, 0) is 4.74 Å². The number of halogens is 3. The number of fused-ring (bicyclic) bond motifs is 3. The van der Waals surface area contributed by atoms with Crippen LogP contribution in [0.25, 0.3) is 33.5 Å². The lowest BCUT2D eigenvalue weighted by atomic mass is 9.98. The average molecular weight is 1500 g/mol. The number of anilines is 3. The average Bonchev–Trinajstić information content (AvgIpc) is 1.58. The Bertz CT molecular complexity index is 6390. The second-order valence-electron chi connectivity index (χ2n) is 20.8. The summed E-state index contributed by atoms with van der Waals surface area (Å²) in [5.41, 5.74) is 7.06. The van der Waals surface area contributed by atoms with Gasteiger partial charge in [-0.05, 0) is 200 Å². The van der Waals surface area contributed by atoms with Crippen LogP contribution < -0.4 is 19.7 Å². The SMILES string of the molecule is C#CC#CC#CC#CC#CC#CC#CC#CC#CC#CC#CC#CC#CC#CC#CC#CC#CC#CC#CC#CC#CC#CC#CC#CC#CC#CC#C.Cc1cc(N2CCOCC2)ccc1Nc1nc(OC2CCCCC2)c2[nH]cnc2n1.Clc1nc(Cl)c2[nH]cnc2n1.Clc1nc(OC2CCCCC2)c2[nH]cnc2n1. The summed E-state index contributed by atoms with van der Waals surface area (Å²) in [6.45, 7) is 5.50. The lowest BCUT2D eigenvalue weighted by molar-refractivity contribution is 0.122. The van der Waals surface area contributed by atoms with E-state index < -0.39 is 0 Å². The molecule has 3 aliphatic rings. The highest BCUT2D eigenvalue weighted by Crippen LogP contribution is 2.31. The molecule has 2 saturated carbocycles. The first-order chi connectivity index (χ1) is 55.3. The van der Waals surface area contributed by atoms with Gasteiger partial charge in [0.2, 0.25) is 28.3 Å². The predicted octanol–water partition coefficient (Wildman–Crippen LogP) is 8.67. The Kier molecular flexibility index (Phi) is 38.3. The first-order valence-electron chi connectivity index (χ1n) is 32.8. The number of nitrogens with one attached hydrogen (secondary N) is 4. The van der Waals surface area contributed by atoms with Crippen LogP contribution in [-0.4, -0.2) is 98.3 Å². The molecule has 0 unspecified atom stereocenters. The third-order valence-corrected chi connectivity index (χ3v) is 14.0. The zero-order valence-electron chi connectivity index (χ0n) is 59.0. The lowest BCUT2D eigenvalue weighted by Gasteiger charge is -2.29. The number of aryl methyl sites for hydroxylation is 1. The number of hydrogen-bond acceptors (Lipinski definition) is 14. The molecule has 10 rings (SSSR count). The number of imidazole rings is 3. The fraction of sp³-hybridized carbons (Fsp3) is 0.185. The summed E-state index contributed by atoms with van der Waals surface area (Å²) >= 11 is 17.1. The molecule has 17 nitrogen and oxygen atoms in total. The highest BCUT2D eigenvalue weighted by Gasteiger charge is 2.21. The number of nitrogens with zero attached hydrogens (tertiary/aromatic N) is 10. The summed E-state index contributed by atoms with van der Waals surface area (Å²) in [6, 6.07) is 6.41. The van der Waals surface area contributed by atoms with Gasteiger partial charge >= 0.3 is 0 Å². The van der Waals surface area contributed by atoms with Gasteiger partial charge in [0.05, 0.1) is 32.2 Å². The Labute approximate surface area is 666 Å². The Morgan fingerprint density at radius 2 is 0.688 bits per heavy atom. The second-order valence-corrected chi connectivity index (χ2v) is 21.8. The summed E-state index contributed by atoms with van der Waals surface area (Å²) in [7, 11) is 0. The summed E-state index contributed by atoms with van der Waals surface area (Å²) < 4.78 is 17.6. The van der Waals surface area contributed by atoms with Crippen molar-refractivity contribution in [1.82, 2.24) is 59.8 Å². The molecule has 1 aliphatic heterocycles. The van der Waals surface area contributed by atoms with E-state index in [2.05, 4.69) is 403 Å². The molecule has 0 bridgehead atoms. The first kappa shape index (κ1) is 82.3. The van der Waals surface area contributed by atoms with Gasteiger partial charge in [0, 0.05) is 238 Å². The molecule has 522 valence electrons. The minimum absolute atomic E-state index is 0.106. The Hall–Kier alpha value is -17.0. The summed E-state index contributed by atoms with van der Waals surface area (Å²) in [4.78, 5) is 48.4. The molecule has 2 aliphatic carbocycles. The number of ether oxygens (including phenoxy) is 3. The van der Waals surface area contributed by atoms with Crippen LogP contribution in [0, 0.1) is 328 Å². The van der Waals surface area contributed by atoms with Crippen LogP contribution in [0.4, 0.5) is 17.3 Å². The maximum Gasteiger partial charge on any atom is 0.245 e. The van der Waals surface area contributed by atoms with Gasteiger partial charge in [0.25, 0.3) is 0 Å². The van der Waals surface area contributed by atoms with Crippen LogP contribution in [0.5, 0.6) is 11.8 Å². The van der Waals surface area contributed by atoms with Gasteiger partial charge < -0.3 is 39.4 Å². The number of terminal acetylenes is 2. The number of aromatic amines is 3. The molecule has 6 aromatic heterocycles. The van der Waals surface area contributed by atoms with Crippen LogP contribution in [0.15, 0.2) is 37.2 Å². The smallest absolute Gasteiger partial charge is 0.245 e. The van der Waals surface area contributed by atoms with Gasteiger partial charge in [0.1, 0.15) is 28.8 Å². The molecule has 0 spiro atoms. The largest absolute Gasteiger partial charge is 0.473 e. The van der Waals surface area contributed by atoms with Gasteiger partial charge in [-0.1, -0.05) is 24.4 Å². The molecule has 7 heterocycles. The van der Waals surface area contributed by atoms with Crippen molar-refractivity contribution in [3.63, 3.8) is 0 Å². The molecular weight excluding hydrogens is 1460 g/mol. The molecule has 112 heavy (non-hydrogen) atoms. The second kappa shape index (κ2) is 52.0. The molecule has 4 N–H and O–H groups in total. The molecule has 20 heteroatoms. The molecular formula is C92H45Cl3N14O3. The van der Waals surface area contributed by atoms with E-state index in [1.807, 2.05) is 0 Å². The molecule has 0 amide bonds. The lowest BCUT2D eigenvalue weighted by Crippen LogP contribution is -2.36. The summed E-state index contributed by atoms with van der Waals surface area (Å²) in [5, 5.41) is 3.93. The normalized spacial score (nSPS) is 10.4. The zero-order chi connectivity index (χ0) is 78.6. The van der Waals surface area contributed by atoms with E-state index in [1.54, 1.807) is 12.7 Å². The van der Waals surface area contributed by atoms with Crippen molar-refractivity contribution < 1.29 is 14.2 Å². The first-order valence-corrected chi connectivity index (χ1v) is 34.0. The van der Waals surface area contributed by atoms with Crippen molar-refractivity contribution in [3.8, 4) is 332 Å². The van der Waals surface area contributed by atoms with E-state index in [0.717, 1.165) is 74.3 Å². The predicted molar refractivity (Wildman–Crippen MR) is 435 cm³/mol. The fourth-order valence-corrected chi connectivity index (χ4v) is 9.35. The minimum Gasteiger partial charge on any atom is -0.473 e. The van der Waals surface area contributed by atoms with Crippen LogP contribution in [0.3, 0.4) is 0 Å². The van der Waals surface area contributed by atoms with E-state index >= 15 is 0 Å². The van der Waals surface area contributed by atoms with Gasteiger partial charge in [-0.15, -0.1) is 12.8 Å². The highest BCUT2D eigenvalue weighted by molar-refractivity contribution is 6.35. The third-order valence-electron chi connectivity index (χ3n) is 13.4. The molecule has 0 atom stereocenters. The molecule has 7 aromatic rings. The summed E-state index contributed by atoms with van der Waals surface area (Å²) in [6.07, 6.45) is 26.8. The van der Waals surface area contributed by atoms with Crippen molar-refractivity contribution in [1.29, 1.82) is 0 Å². The van der Waals surface area contributed by atoms with E-state index in [-0.39, 0.29) is 27.9 Å². The third kappa shape index (κ3) is 33.6. The monoisotopic (exact) mass is 1500 g/mol. The quantitative estimate of drug-likeness (QED) is 0.0670. The number of aromatic nitrogens is 12. The van der Waals surface area contributed by atoms with E-state index in [0.29, 0.717) is 40.2 Å². The molecule has 1 saturated heterocycles. The van der Waals surface area contributed by atoms with Crippen molar-refractivity contribution in [3.05, 3.63) is 58.5 Å². The minimum atomic E-state index is 0.106. The van der Waals surface area contributed by atoms with Crippen molar-refractivity contribution in [2.24, 2.45) is 0 Å². The maximum absolute atomic E-state index is 6.25. The van der Waals surface area contributed by atoms with Gasteiger partial charge in [-0.2, -0.15) is 24.9 Å². The molecule has 1 aromatic carbocycles. The Morgan fingerprint density at radius 1 is 0.384 bits per heavy atom. The van der Waals surface area contributed by atoms with Crippen LogP contribution in [0.1, 0.15) is 69.8 Å². The van der Waals surface area contributed by atoms with Crippen molar-refractivity contribution in [2.45, 2.75) is 83.3 Å². The van der Waals surface area contributed by atoms with E-state index in [9.17, 15) is 0 Å². The molecule has 3 fully saturated rings. The zero-order valence-corrected chi connectivity index (χ0v) is 61.3. The molecule has 0 radical (unpaired) electrons. The van der Waals surface area contributed by atoms with Crippen molar-refractivity contribution >= 4 is 85.6 Å². The Balaban J connectivity index is 0.000000243. The van der Waals surface area contributed by atoms with Gasteiger partial charge in [0.15, 0.2) is 22.1 Å². The topological polar surface area (TPSA) is 206 Å². The van der Waals surface area contributed by atoms with Crippen LogP contribution >= 0.6 is 34.8 Å².